The van der Waals surface area contributed by atoms with Crippen molar-refractivity contribution in [2.75, 3.05) is 26.2 Å². The zero-order chi connectivity index (χ0) is 13.8. The lowest BCUT2D eigenvalue weighted by Gasteiger charge is -2.35. The van der Waals surface area contributed by atoms with Gasteiger partial charge in [-0.25, -0.2) is 8.78 Å². The Hall–Kier alpha value is -0.420. The van der Waals surface area contributed by atoms with Gasteiger partial charge in [0.05, 0.1) is 0 Å². The van der Waals surface area contributed by atoms with E-state index in [2.05, 4.69) is 5.32 Å². The molecule has 0 radical (unpaired) electrons. The second-order valence-corrected chi connectivity index (χ2v) is 5.44. The van der Waals surface area contributed by atoms with Crippen molar-refractivity contribution < 1.29 is 8.78 Å². The van der Waals surface area contributed by atoms with Crippen LogP contribution in [-0.4, -0.2) is 37.5 Å². The predicted octanol–water partition coefficient (Wildman–Crippen LogP) is 3.59. The van der Waals surface area contributed by atoms with Crippen LogP contribution in [0.3, 0.4) is 0 Å². The minimum absolute atomic E-state index is 0.222. The van der Waals surface area contributed by atoms with Crippen molar-refractivity contribution >= 4 is 23.2 Å². The van der Waals surface area contributed by atoms with Crippen LogP contribution in [0.2, 0.25) is 10.0 Å². The highest BCUT2D eigenvalue weighted by Gasteiger charge is 2.27. The Morgan fingerprint density at radius 3 is 2.53 bits per heavy atom. The molecule has 6 heteroatoms. The largest absolute Gasteiger partial charge is 0.314 e. The molecule has 1 aliphatic heterocycles. The smallest absolute Gasteiger partial charge is 0.240 e. The number of halogens is 4. The van der Waals surface area contributed by atoms with E-state index in [-0.39, 0.29) is 12.5 Å². The SMILES string of the molecule is FC(F)C[C@H](c1cc(Cl)ccc1Cl)N1CCNCC1. The van der Waals surface area contributed by atoms with E-state index in [0.717, 1.165) is 26.2 Å². The molecule has 1 aliphatic rings. The van der Waals surface area contributed by atoms with Gasteiger partial charge in [0.2, 0.25) is 6.43 Å². The lowest BCUT2D eigenvalue weighted by Crippen LogP contribution is -2.45. The molecule has 106 valence electrons. The molecule has 1 aromatic carbocycles. The van der Waals surface area contributed by atoms with Crippen molar-refractivity contribution in [3.8, 4) is 0 Å². The number of rotatable bonds is 4. The van der Waals surface area contributed by atoms with Gasteiger partial charge < -0.3 is 5.32 Å². The Bertz CT molecular complexity index is 423. The van der Waals surface area contributed by atoms with Crippen LogP contribution in [0.1, 0.15) is 18.0 Å². The summed E-state index contributed by atoms with van der Waals surface area (Å²) < 4.78 is 25.7. The maximum atomic E-state index is 12.8. The maximum absolute atomic E-state index is 12.8. The summed E-state index contributed by atoms with van der Waals surface area (Å²) in [4.78, 5) is 2.04. The summed E-state index contributed by atoms with van der Waals surface area (Å²) in [5, 5.41) is 4.23. The molecular weight excluding hydrogens is 293 g/mol. The molecule has 0 aromatic heterocycles. The predicted molar refractivity (Wildman–Crippen MR) is 74.3 cm³/mol. The van der Waals surface area contributed by atoms with E-state index in [0.29, 0.717) is 15.6 Å². The van der Waals surface area contributed by atoms with Crippen molar-refractivity contribution in [3.63, 3.8) is 0 Å². The number of hydrogen-bond acceptors (Lipinski definition) is 2. The topological polar surface area (TPSA) is 15.3 Å². The van der Waals surface area contributed by atoms with Crippen molar-refractivity contribution in [1.29, 1.82) is 0 Å². The fourth-order valence-corrected chi connectivity index (χ4v) is 2.83. The molecule has 1 atom stereocenters. The minimum Gasteiger partial charge on any atom is -0.314 e. The summed E-state index contributed by atoms with van der Waals surface area (Å²) in [6.45, 7) is 3.08. The molecule has 1 aromatic rings. The Balaban J connectivity index is 2.27. The minimum atomic E-state index is -2.37. The maximum Gasteiger partial charge on any atom is 0.240 e. The van der Waals surface area contributed by atoms with Crippen molar-refractivity contribution in [2.24, 2.45) is 0 Å². The third-order valence-corrected chi connectivity index (χ3v) is 3.89. The zero-order valence-electron chi connectivity index (χ0n) is 10.4. The van der Waals surface area contributed by atoms with Gasteiger partial charge in [-0.3, -0.25) is 4.90 Å². The van der Waals surface area contributed by atoms with Crippen LogP contribution in [0.15, 0.2) is 18.2 Å². The number of piperazine rings is 1. The molecule has 0 saturated carbocycles. The summed E-state index contributed by atoms with van der Waals surface area (Å²) >= 11 is 12.1. The quantitative estimate of drug-likeness (QED) is 0.914. The Kier molecular flexibility index (Phi) is 5.39. The highest BCUT2D eigenvalue weighted by molar-refractivity contribution is 6.33. The molecule has 1 saturated heterocycles. The average molecular weight is 309 g/mol. The van der Waals surface area contributed by atoms with E-state index < -0.39 is 6.43 Å². The molecule has 1 N–H and O–H groups in total. The van der Waals surface area contributed by atoms with E-state index in [1.807, 2.05) is 4.90 Å². The van der Waals surface area contributed by atoms with Crippen molar-refractivity contribution in [1.82, 2.24) is 10.2 Å². The Morgan fingerprint density at radius 2 is 1.89 bits per heavy atom. The van der Waals surface area contributed by atoms with Gasteiger partial charge in [-0.05, 0) is 23.8 Å². The third-order valence-electron chi connectivity index (χ3n) is 3.31. The lowest BCUT2D eigenvalue weighted by atomic mass is 10.0. The molecule has 19 heavy (non-hydrogen) atoms. The first-order valence-electron chi connectivity index (χ1n) is 6.26. The molecule has 0 unspecified atom stereocenters. The molecular formula is C13H16Cl2F2N2. The van der Waals surface area contributed by atoms with E-state index in [9.17, 15) is 8.78 Å². The van der Waals surface area contributed by atoms with Crippen LogP contribution >= 0.6 is 23.2 Å². The second kappa shape index (κ2) is 6.84. The second-order valence-electron chi connectivity index (χ2n) is 4.59. The Labute approximate surface area is 121 Å². The van der Waals surface area contributed by atoms with E-state index in [1.54, 1.807) is 18.2 Å². The zero-order valence-corrected chi connectivity index (χ0v) is 11.9. The van der Waals surface area contributed by atoms with Crippen LogP contribution in [0.25, 0.3) is 0 Å². The number of nitrogens with one attached hydrogen (secondary N) is 1. The van der Waals surface area contributed by atoms with Crippen LogP contribution in [-0.2, 0) is 0 Å². The fraction of sp³-hybridized carbons (Fsp3) is 0.538. The van der Waals surface area contributed by atoms with E-state index in [1.165, 1.54) is 0 Å². The van der Waals surface area contributed by atoms with E-state index in [4.69, 9.17) is 23.2 Å². The molecule has 0 amide bonds. The molecule has 2 nitrogen and oxygen atoms in total. The monoisotopic (exact) mass is 308 g/mol. The first kappa shape index (κ1) is 15.0. The van der Waals surface area contributed by atoms with Crippen LogP contribution in [0.5, 0.6) is 0 Å². The Morgan fingerprint density at radius 1 is 1.21 bits per heavy atom. The summed E-state index contributed by atoms with van der Waals surface area (Å²) in [5.74, 6) is 0. The molecule has 2 rings (SSSR count). The van der Waals surface area contributed by atoms with Gasteiger partial charge in [0.25, 0.3) is 0 Å². The highest BCUT2D eigenvalue weighted by Crippen LogP contribution is 2.34. The van der Waals surface area contributed by atoms with E-state index >= 15 is 0 Å². The summed E-state index contributed by atoms with van der Waals surface area (Å²) in [6, 6.07) is 4.65. The number of benzene rings is 1. The first-order chi connectivity index (χ1) is 9.08. The lowest BCUT2D eigenvalue weighted by molar-refractivity contribution is 0.0739. The van der Waals surface area contributed by atoms with Crippen LogP contribution < -0.4 is 5.32 Å². The third kappa shape index (κ3) is 4.02. The number of alkyl halides is 2. The van der Waals surface area contributed by atoms with Gasteiger partial charge in [0, 0.05) is 48.7 Å². The summed E-state index contributed by atoms with van der Waals surface area (Å²) in [7, 11) is 0. The molecule has 0 spiro atoms. The highest BCUT2D eigenvalue weighted by atomic mass is 35.5. The van der Waals surface area contributed by atoms with Crippen molar-refractivity contribution in [2.45, 2.75) is 18.9 Å². The summed E-state index contributed by atoms with van der Waals surface area (Å²) in [6.07, 6.45) is -2.59. The van der Waals surface area contributed by atoms with Gasteiger partial charge in [0.1, 0.15) is 0 Å². The van der Waals surface area contributed by atoms with Gasteiger partial charge in [-0.2, -0.15) is 0 Å². The van der Waals surface area contributed by atoms with Crippen molar-refractivity contribution in [3.05, 3.63) is 33.8 Å². The van der Waals surface area contributed by atoms with Gasteiger partial charge in [0.15, 0.2) is 0 Å². The normalized spacial score (nSPS) is 18.8. The van der Waals surface area contributed by atoms with Gasteiger partial charge >= 0.3 is 0 Å². The standard InChI is InChI=1S/C13H16Cl2F2N2/c14-9-1-2-11(15)10(7-9)12(8-13(16)17)19-5-3-18-4-6-19/h1-2,7,12-13,18H,3-6,8H2/t12-/m1/s1. The van der Waals surface area contributed by atoms with Crippen LogP contribution in [0.4, 0.5) is 8.78 Å². The fourth-order valence-electron chi connectivity index (χ4n) is 2.41. The molecule has 1 fully saturated rings. The molecule has 0 aliphatic carbocycles. The molecule has 1 heterocycles. The average Bonchev–Trinajstić information content (AvgIpc) is 2.40. The first-order valence-corrected chi connectivity index (χ1v) is 7.01. The summed E-state index contributed by atoms with van der Waals surface area (Å²) in [5.41, 5.74) is 0.691. The van der Waals surface area contributed by atoms with Gasteiger partial charge in [-0.1, -0.05) is 23.2 Å². The van der Waals surface area contributed by atoms with Crippen LogP contribution in [0, 0.1) is 0 Å². The van der Waals surface area contributed by atoms with Gasteiger partial charge in [-0.15, -0.1) is 0 Å². The molecule has 0 bridgehead atoms. The number of nitrogens with zero attached hydrogens (tertiary/aromatic N) is 1. The number of hydrogen-bond donors (Lipinski definition) is 1.